The van der Waals surface area contributed by atoms with E-state index in [-0.39, 0.29) is 24.6 Å². The molecule has 0 aliphatic carbocycles. The summed E-state index contributed by atoms with van der Waals surface area (Å²) in [4.78, 5) is 21.8. The number of benzene rings is 2. The van der Waals surface area contributed by atoms with Crippen LogP contribution in [0.25, 0.3) is 0 Å². The number of ether oxygens (including phenoxy) is 4. The summed E-state index contributed by atoms with van der Waals surface area (Å²) in [6.07, 6.45) is 2.98. The van der Waals surface area contributed by atoms with Gasteiger partial charge in [0.15, 0.2) is 0 Å². The lowest BCUT2D eigenvalue weighted by molar-refractivity contribution is -0.141. The summed E-state index contributed by atoms with van der Waals surface area (Å²) < 4.78 is 20.9. The Morgan fingerprint density at radius 2 is 1.22 bits per heavy atom. The maximum absolute atomic E-state index is 11.0. The van der Waals surface area contributed by atoms with E-state index in [0.29, 0.717) is 13.2 Å². The highest BCUT2D eigenvalue weighted by Crippen LogP contribution is 2.28. The van der Waals surface area contributed by atoms with E-state index < -0.39 is 5.97 Å². The van der Waals surface area contributed by atoms with E-state index in [1.54, 1.807) is 0 Å². The van der Waals surface area contributed by atoms with Crippen LogP contribution in [-0.2, 0) is 31.9 Å². The van der Waals surface area contributed by atoms with Crippen molar-refractivity contribution in [2.24, 2.45) is 5.41 Å². The minimum atomic E-state index is -0.451. The molecule has 0 aliphatic rings. The van der Waals surface area contributed by atoms with Gasteiger partial charge >= 0.3 is 11.9 Å². The van der Waals surface area contributed by atoms with E-state index in [4.69, 9.17) is 18.9 Å². The van der Waals surface area contributed by atoms with E-state index >= 15 is 0 Å². The summed E-state index contributed by atoms with van der Waals surface area (Å²) in [7, 11) is 0. The molecule has 0 amide bonds. The molecule has 2 rings (SSSR count). The van der Waals surface area contributed by atoms with E-state index in [0.717, 1.165) is 30.4 Å². The van der Waals surface area contributed by atoms with Crippen molar-refractivity contribution in [1.82, 2.24) is 0 Å². The van der Waals surface area contributed by atoms with Crippen LogP contribution >= 0.6 is 0 Å². The molecule has 0 radical (unpaired) electrons. The highest BCUT2D eigenvalue weighted by molar-refractivity contribution is 5.81. The highest BCUT2D eigenvalue weighted by atomic mass is 16.6. The van der Waals surface area contributed by atoms with E-state index in [1.165, 1.54) is 18.1 Å². The van der Waals surface area contributed by atoms with Crippen LogP contribution in [0.4, 0.5) is 0 Å². The topological polar surface area (TPSA) is 71.1 Å². The fraction of sp³-hybridized carbons (Fsp3) is 0.385. The number of hydrogen-bond donors (Lipinski definition) is 0. The zero-order chi connectivity index (χ0) is 23.4. The monoisotopic (exact) mass is 440 g/mol. The Balaban J connectivity index is 1.79. The summed E-state index contributed by atoms with van der Waals surface area (Å²) in [6, 6.07) is 16.0. The predicted octanol–water partition coefficient (Wildman–Crippen LogP) is 4.55. The molecular weight excluding hydrogens is 408 g/mol. The van der Waals surface area contributed by atoms with Gasteiger partial charge in [0.1, 0.15) is 37.9 Å². The van der Waals surface area contributed by atoms with Gasteiger partial charge in [-0.15, -0.1) is 0 Å². The molecule has 0 aromatic heterocycles. The average Bonchev–Trinajstić information content (AvgIpc) is 2.75. The molecule has 0 fully saturated rings. The first kappa shape index (κ1) is 25.0. The molecule has 0 N–H and O–H groups in total. The summed E-state index contributed by atoms with van der Waals surface area (Å²) in [6.45, 7) is 10.3. The third kappa shape index (κ3) is 9.69. The van der Waals surface area contributed by atoms with Crippen molar-refractivity contribution in [2.45, 2.75) is 33.6 Å². The summed E-state index contributed by atoms with van der Waals surface area (Å²) >= 11 is 0. The first-order valence-corrected chi connectivity index (χ1v) is 10.6. The molecule has 172 valence electrons. The van der Waals surface area contributed by atoms with Gasteiger partial charge in [-0.05, 0) is 53.6 Å². The van der Waals surface area contributed by atoms with E-state index in [2.05, 4.69) is 44.7 Å². The molecule has 2 aromatic carbocycles. The maximum Gasteiger partial charge on any atom is 0.330 e. The van der Waals surface area contributed by atoms with Gasteiger partial charge in [0.25, 0.3) is 0 Å². The second-order valence-corrected chi connectivity index (χ2v) is 8.21. The zero-order valence-corrected chi connectivity index (χ0v) is 19.1. The molecule has 0 atom stereocenters. The lowest BCUT2D eigenvalue weighted by Gasteiger charge is -2.25. The van der Waals surface area contributed by atoms with Crippen molar-refractivity contribution < 1.29 is 28.5 Å². The van der Waals surface area contributed by atoms with Gasteiger partial charge in [-0.2, -0.15) is 0 Å². The predicted molar refractivity (Wildman–Crippen MR) is 123 cm³/mol. The minimum Gasteiger partial charge on any atom is -0.490 e. The Morgan fingerprint density at radius 3 is 1.62 bits per heavy atom. The molecule has 6 heteroatoms. The number of esters is 2. The van der Waals surface area contributed by atoms with Crippen LogP contribution in [0, 0.1) is 5.41 Å². The van der Waals surface area contributed by atoms with Crippen molar-refractivity contribution in [2.75, 3.05) is 26.4 Å². The van der Waals surface area contributed by atoms with Crippen LogP contribution in [-0.4, -0.2) is 38.4 Å². The Kier molecular flexibility index (Phi) is 9.79. The molecule has 0 heterocycles. The number of carbonyl (C=O) groups excluding carboxylic acids is 2. The van der Waals surface area contributed by atoms with Gasteiger partial charge in [-0.1, -0.05) is 44.7 Å². The molecule has 2 aromatic rings. The van der Waals surface area contributed by atoms with Crippen LogP contribution in [0.2, 0.25) is 0 Å². The normalized spacial score (nSPS) is 10.8. The average molecular weight is 441 g/mol. The van der Waals surface area contributed by atoms with Crippen LogP contribution < -0.4 is 9.47 Å². The molecule has 0 saturated carbocycles. The van der Waals surface area contributed by atoms with Gasteiger partial charge in [-0.25, -0.2) is 4.79 Å². The Hall–Kier alpha value is -3.28. The standard InChI is InChI=1S/C26H32O6/c1-5-25(28)32-17-16-31-24-12-8-22(9-13-24)19-26(3,4)18-21-6-10-23(11-7-21)30-15-14-29-20(2)27/h5-13H,1,14-19H2,2-4H3. The fourth-order valence-electron chi connectivity index (χ4n) is 3.28. The molecule has 0 unspecified atom stereocenters. The van der Waals surface area contributed by atoms with Gasteiger partial charge < -0.3 is 18.9 Å². The smallest absolute Gasteiger partial charge is 0.330 e. The van der Waals surface area contributed by atoms with Crippen LogP contribution in [0.1, 0.15) is 31.9 Å². The van der Waals surface area contributed by atoms with Gasteiger partial charge in [0, 0.05) is 13.0 Å². The van der Waals surface area contributed by atoms with Crippen molar-refractivity contribution in [1.29, 1.82) is 0 Å². The molecule has 0 spiro atoms. The molecular formula is C26H32O6. The highest BCUT2D eigenvalue weighted by Gasteiger charge is 2.19. The molecule has 0 saturated heterocycles. The minimum absolute atomic E-state index is 0.0684. The fourth-order valence-corrected chi connectivity index (χ4v) is 3.28. The lowest BCUT2D eigenvalue weighted by Crippen LogP contribution is -2.18. The van der Waals surface area contributed by atoms with Crippen LogP contribution in [0.3, 0.4) is 0 Å². The Bertz CT molecular complexity index is 868. The Labute approximate surface area is 190 Å². The van der Waals surface area contributed by atoms with E-state index in [9.17, 15) is 9.59 Å². The quantitative estimate of drug-likeness (QED) is 0.259. The van der Waals surface area contributed by atoms with Gasteiger partial charge in [0.2, 0.25) is 0 Å². The molecule has 0 bridgehead atoms. The third-order valence-electron chi connectivity index (χ3n) is 4.63. The first-order valence-electron chi connectivity index (χ1n) is 10.6. The summed E-state index contributed by atoms with van der Waals surface area (Å²) in [5.74, 6) is 0.742. The number of hydrogen-bond acceptors (Lipinski definition) is 6. The van der Waals surface area contributed by atoms with Gasteiger partial charge in [-0.3, -0.25) is 4.79 Å². The van der Waals surface area contributed by atoms with Crippen molar-refractivity contribution in [3.8, 4) is 11.5 Å². The summed E-state index contributed by atoms with van der Waals surface area (Å²) in [5, 5.41) is 0. The van der Waals surface area contributed by atoms with Crippen molar-refractivity contribution >= 4 is 11.9 Å². The van der Waals surface area contributed by atoms with Crippen molar-refractivity contribution in [3.63, 3.8) is 0 Å². The summed E-state index contributed by atoms with van der Waals surface area (Å²) in [5.41, 5.74) is 2.53. The number of rotatable bonds is 13. The van der Waals surface area contributed by atoms with Crippen molar-refractivity contribution in [3.05, 3.63) is 72.3 Å². The second-order valence-electron chi connectivity index (χ2n) is 8.21. The third-order valence-corrected chi connectivity index (χ3v) is 4.63. The Morgan fingerprint density at radius 1 is 0.781 bits per heavy atom. The zero-order valence-electron chi connectivity index (χ0n) is 19.1. The molecule has 0 aliphatic heterocycles. The maximum atomic E-state index is 11.0. The first-order chi connectivity index (χ1) is 15.3. The molecule has 6 nitrogen and oxygen atoms in total. The second kappa shape index (κ2) is 12.5. The van der Waals surface area contributed by atoms with Gasteiger partial charge in [0.05, 0.1) is 0 Å². The number of carbonyl (C=O) groups is 2. The lowest BCUT2D eigenvalue weighted by atomic mass is 9.80. The largest absolute Gasteiger partial charge is 0.490 e. The van der Waals surface area contributed by atoms with Crippen LogP contribution in [0.5, 0.6) is 11.5 Å². The SMILES string of the molecule is C=CC(=O)OCCOc1ccc(CC(C)(C)Cc2ccc(OCCOC(C)=O)cc2)cc1. The molecule has 32 heavy (non-hydrogen) atoms. The van der Waals surface area contributed by atoms with E-state index in [1.807, 2.05) is 24.3 Å². The van der Waals surface area contributed by atoms with Crippen LogP contribution in [0.15, 0.2) is 61.2 Å².